The summed E-state index contributed by atoms with van der Waals surface area (Å²) < 4.78 is 0. The molecular formula is C20H30O4. The number of hydrogen-bond donors (Lipinski definition) is 3. The van der Waals surface area contributed by atoms with Gasteiger partial charge in [-0.2, -0.15) is 0 Å². The molecule has 6 unspecified atom stereocenters. The van der Waals surface area contributed by atoms with Crippen LogP contribution in [0.5, 0.6) is 0 Å². The van der Waals surface area contributed by atoms with Crippen LogP contribution in [0, 0.1) is 23.2 Å². The quantitative estimate of drug-likeness (QED) is 0.635. The Bertz CT molecular complexity index is 628. The van der Waals surface area contributed by atoms with Gasteiger partial charge >= 0.3 is 0 Å². The molecule has 1 fully saturated rings. The molecule has 0 amide bonds. The zero-order chi connectivity index (χ0) is 18.1. The normalized spacial score (nSPS) is 47.9. The van der Waals surface area contributed by atoms with Gasteiger partial charge in [0.2, 0.25) is 0 Å². The first-order valence-electron chi connectivity index (χ1n) is 9.00. The van der Waals surface area contributed by atoms with E-state index in [4.69, 9.17) is 0 Å². The average molecular weight is 334 g/mol. The van der Waals surface area contributed by atoms with Crippen LogP contribution in [-0.4, -0.2) is 38.4 Å². The summed E-state index contributed by atoms with van der Waals surface area (Å²) in [4.78, 5) is 12.5. The molecule has 3 aliphatic carbocycles. The predicted octanol–water partition coefficient (Wildman–Crippen LogP) is 2.38. The second kappa shape index (κ2) is 5.26. The summed E-state index contributed by atoms with van der Waals surface area (Å²) in [7, 11) is 0. The van der Waals surface area contributed by atoms with Gasteiger partial charge in [0.1, 0.15) is 5.60 Å². The van der Waals surface area contributed by atoms with Crippen LogP contribution in [0.25, 0.3) is 0 Å². The van der Waals surface area contributed by atoms with E-state index in [1.807, 2.05) is 6.92 Å². The van der Waals surface area contributed by atoms with Gasteiger partial charge in [-0.3, -0.25) is 4.79 Å². The number of aliphatic hydroxyl groups excluding tert-OH is 1. The van der Waals surface area contributed by atoms with Crippen molar-refractivity contribution in [3.63, 3.8) is 0 Å². The molecule has 0 bridgehead atoms. The van der Waals surface area contributed by atoms with Gasteiger partial charge in [0.15, 0.2) is 5.78 Å². The molecule has 1 saturated carbocycles. The summed E-state index contributed by atoms with van der Waals surface area (Å²) in [6, 6.07) is 0. The maximum Gasteiger partial charge on any atom is 0.187 e. The number of ketones is 1. The highest BCUT2D eigenvalue weighted by Gasteiger charge is 2.59. The number of carbonyl (C=O) groups excluding carboxylic acids is 1. The predicted molar refractivity (Wildman–Crippen MR) is 92.2 cm³/mol. The van der Waals surface area contributed by atoms with E-state index in [1.54, 1.807) is 13.8 Å². The van der Waals surface area contributed by atoms with Crippen molar-refractivity contribution in [3.8, 4) is 0 Å². The Kier molecular flexibility index (Phi) is 3.91. The minimum absolute atomic E-state index is 0.124. The Labute approximate surface area is 144 Å². The van der Waals surface area contributed by atoms with Gasteiger partial charge in [0.05, 0.1) is 11.7 Å². The summed E-state index contributed by atoms with van der Waals surface area (Å²) in [5.41, 5.74) is -2.13. The third kappa shape index (κ3) is 2.59. The van der Waals surface area contributed by atoms with Gasteiger partial charge in [-0.25, -0.2) is 0 Å². The number of Topliss-reactive ketones (excluding diaryl/α,β-unsaturated/α-hetero) is 1. The van der Waals surface area contributed by atoms with Crippen molar-refractivity contribution in [2.24, 2.45) is 23.2 Å². The molecule has 134 valence electrons. The van der Waals surface area contributed by atoms with E-state index in [-0.39, 0.29) is 22.7 Å². The molecular weight excluding hydrogens is 304 g/mol. The highest BCUT2D eigenvalue weighted by Crippen LogP contribution is 2.63. The van der Waals surface area contributed by atoms with Crippen LogP contribution >= 0.6 is 0 Å². The molecule has 4 heteroatoms. The van der Waals surface area contributed by atoms with E-state index >= 15 is 0 Å². The number of rotatable bonds is 0. The summed E-state index contributed by atoms with van der Waals surface area (Å²) in [5.74, 6) is 0.572. The molecule has 3 rings (SSSR count). The largest absolute Gasteiger partial charge is 0.389 e. The van der Waals surface area contributed by atoms with Gasteiger partial charge < -0.3 is 15.3 Å². The van der Waals surface area contributed by atoms with Gasteiger partial charge in [-0.1, -0.05) is 20.8 Å². The number of hydrogen-bond acceptors (Lipinski definition) is 4. The third-order valence-corrected chi connectivity index (χ3v) is 6.79. The van der Waals surface area contributed by atoms with Crippen LogP contribution in [0.15, 0.2) is 23.3 Å². The molecule has 3 aliphatic rings. The maximum atomic E-state index is 12.5. The van der Waals surface area contributed by atoms with E-state index in [2.05, 4.69) is 13.8 Å². The van der Waals surface area contributed by atoms with Crippen LogP contribution in [0.3, 0.4) is 0 Å². The minimum Gasteiger partial charge on any atom is -0.389 e. The number of aliphatic hydroxyl groups is 3. The Morgan fingerprint density at radius 2 is 1.75 bits per heavy atom. The fourth-order valence-corrected chi connectivity index (χ4v) is 4.99. The Morgan fingerprint density at radius 3 is 2.38 bits per heavy atom. The zero-order valence-corrected chi connectivity index (χ0v) is 15.3. The fourth-order valence-electron chi connectivity index (χ4n) is 4.99. The lowest BCUT2D eigenvalue weighted by molar-refractivity contribution is -0.114. The van der Waals surface area contributed by atoms with E-state index < -0.39 is 17.3 Å². The second-order valence-corrected chi connectivity index (χ2v) is 9.13. The monoisotopic (exact) mass is 334 g/mol. The van der Waals surface area contributed by atoms with Gasteiger partial charge in [0, 0.05) is 5.57 Å². The lowest BCUT2D eigenvalue weighted by atomic mass is 9.79. The van der Waals surface area contributed by atoms with Crippen LogP contribution in [-0.2, 0) is 4.79 Å². The third-order valence-electron chi connectivity index (χ3n) is 6.79. The summed E-state index contributed by atoms with van der Waals surface area (Å²) in [6.45, 7) is 9.74. The lowest BCUT2D eigenvalue weighted by Gasteiger charge is -2.34. The second-order valence-electron chi connectivity index (χ2n) is 9.13. The van der Waals surface area contributed by atoms with Crippen molar-refractivity contribution in [1.29, 1.82) is 0 Å². The summed E-state index contributed by atoms with van der Waals surface area (Å²) in [6.07, 6.45) is 4.14. The maximum absolute atomic E-state index is 12.5. The molecule has 0 saturated heterocycles. The van der Waals surface area contributed by atoms with E-state index in [0.29, 0.717) is 23.8 Å². The molecule has 0 aromatic heterocycles. The van der Waals surface area contributed by atoms with Crippen molar-refractivity contribution in [2.45, 2.75) is 71.2 Å². The van der Waals surface area contributed by atoms with Crippen molar-refractivity contribution in [3.05, 3.63) is 23.3 Å². The van der Waals surface area contributed by atoms with Crippen molar-refractivity contribution in [2.75, 3.05) is 0 Å². The van der Waals surface area contributed by atoms with Crippen LogP contribution in [0.1, 0.15) is 53.9 Å². The molecule has 0 aromatic rings. The Hall–Kier alpha value is -0.970. The van der Waals surface area contributed by atoms with E-state index in [9.17, 15) is 20.1 Å². The fraction of sp³-hybridized carbons (Fsp3) is 0.750. The van der Waals surface area contributed by atoms with Crippen molar-refractivity contribution < 1.29 is 20.1 Å². The molecule has 0 radical (unpaired) electrons. The average Bonchev–Trinajstić information content (AvgIpc) is 2.91. The number of allylic oxidation sites excluding steroid dienone is 1. The topological polar surface area (TPSA) is 77.8 Å². The highest BCUT2D eigenvalue weighted by atomic mass is 16.3. The Balaban J connectivity index is 2.05. The van der Waals surface area contributed by atoms with Gasteiger partial charge in [0.25, 0.3) is 0 Å². The van der Waals surface area contributed by atoms with Crippen LogP contribution < -0.4 is 0 Å². The standard InChI is InChI=1S/C20H30O4/c1-11-8-14-13(18(14,3)4)6-7-19(5,23)10-15-16(21)12(2)9-20(15,24)17(11)22/h9-11,13-14,17,22-24H,6-8H2,1-5H3. The molecule has 0 heterocycles. The SMILES string of the molecule is CC1=CC2(O)C(=CC(C)(O)CCC3C(CC(C)C2O)C3(C)C)C1=O. The molecule has 4 nitrogen and oxygen atoms in total. The number of fused-ring (bicyclic) bond motifs is 2. The molecule has 0 aliphatic heterocycles. The smallest absolute Gasteiger partial charge is 0.187 e. The van der Waals surface area contributed by atoms with E-state index in [0.717, 1.165) is 12.8 Å². The summed E-state index contributed by atoms with van der Waals surface area (Å²) in [5, 5.41) is 32.8. The van der Waals surface area contributed by atoms with Crippen molar-refractivity contribution in [1.82, 2.24) is 0 Å². The first kappa shape index (κ1) is 17.8. The Morgan fingerprint density at radius 1 is 1.12 bits per heavy atom. The first-order chi connectivity index (χ1) is 10.9. The number of carbonyl (C=O) groups is 1. The van der Waals surface area contributed by atoms with Crippen LogP contribution in [0.4, 0.5) is 0 Å². The van der Waals surface area contributed by atoms with Crippen LogP contribution in [0.2, 0.25) is 0 Å². The molecule has 0 spiro atoms. The molecule has 0 aromatic carbocycles. The first-order valence-corrected chi connectivity index (χ1v) is 9.00. The van der Waals surface area contributed by atoms with Gasteiger partial charge in [-0.15, -0.1) is 0 Å². The van der Waals surface area contributed by atoms with Crippen molar-refractivity contribution >= 4 is 5.78 Å². The lowest BCUT2D eigenvalue weighted by Crippen LogP contribution is -2.46. The minimum atomic E-state index is -1.70. The van der Waals surface area contributed by atoms with Gasteiger partial charge in [-0.05, 0) is 74.0 Å². The van der Waals surface area contributed by atoms with E-state index in [1.165, 1.54) is 12.2 Å². The molecule has 6 atom stereocenters. The zero-order valence-electron chi connectivity index (χ0n) is 15.3. The molecule has 3 N–H and O–H groups in total. The molecule has 24 heavy (non-hydrogen) atoms. The summed E-state index contributed by atoms with van der Waals surface area (Å²) >= 11 is 0. The highest BCUT2D eigenvalue weighted by molar-refractivity contribution is 6.13.